The number of carbonyl (C=O) groups excluding carboxylic acids is 3. The van der Waals surface area contributed by atoms with Gasteiger partial charge in [0.1, 0.15) is 73.9 Å². The maximum atomic E-state index is 15.6. The first-order valence-electron chi connectivity index (χ1n) is 41.3. The summed E-state index contributed by atoms with van der Waals surface area (Å²) in [6, 6.07) is 15.3. The minimum Gasteiger partial charge on any atom is -0.394 e. The van der Waals surface area contributed by atoms with Gasteiger partial charge in [0.25, 0.3) is 16.7 Å². The van der Waals surface area contributed by atoms with Gasteiger partial charge in [0, 0.05) is 113 Å². The second-order valence-electron chi connectivity index (χ2n) is 32.2. The monoisotopic (exact) mass is 1980 g/mol. The molecule has 12 aromatic rings. The molecule has 696 valence electrons. The number of rotatable bonds is 15. The van der Waals surface area contributed by atoms with Gasteiger partial charge in [-0.25, -0.2) is 50.1 Å². The van der Waals surface area contributed by atoms with Crippen LogP contribution in [0.25, 0.3) is 83.9 Å². The minimum absolute atomic E-state index is 0.00508. The third kappa shape index (κ3) is 17.6. The van der Waals surface area contributed by atoms with Crippen LogP contribution in [0.5, 0.6) is 0 Å². The van der Waals surface area contributed by atoms with Crippen molar-refractivity contribution in [1.29, 1.82) is 15.8 Å². The molecule has 3 aromatic carbocycles. The van der Waals surface area contributed by atoms with Gasteiger partial charge in [-0.3, -0.25) is 57.4 Å². The molecule has 0 saturated carbocycles. The molecule has 42 heteroatoms. The number of nitrogens with zero attached hydrogens (tertiary/aromatic N) is 18. The third-order valence-electron chi connectivity index (χ3n) is 23.2. The van der Waals surface area contributed by atoms with Gasteiger partial charge in [0.05, 0.1) is 115 Å². The zero-order valence-electron chi connectivity index (χ0n) is 73.2. The predicted molar refractivity (Wildman–Crippen MR) is 507 cm³/mol. The number of nitriles is 3. The number of benzene rings is 3. The van der Waals surface area contributed by atoms with Gasteiger partial charge in [0.2, 0.25) is 17.7 Å². The molecule has 15 rings (SSSR count). The van der Waals surface area contributed by atoms with E-state index in [9.17, 15) is 62.1 Å². The number of hydrogen-bond acceptors (Lipinski definition) is 21. The largest absolute Gasteiger partial charge is 0.394 e. The predicted octanol–water partition coefficient (Wildman–Crippen LogP) is 18.2. The molecule has 27 nitrogen and oxygen atoms in total. The van der Waals surface area contributed by atoms with Gasteiger partial charge in [0.15, 0.2) is 46.5 Å². The molecule has 0 radical (unpaired) electrons. The summed E-state index contributed by atoms with van der Waals surface area (Å²) in [6.07, 6.45) is 8.40. The highest BCUT2D eigenvalue weighted by Crippen LogP contribution is 2.49. The molecule has 9 aromatic heterocycles. The van der Waals surface area contributed by atoms with Crippen molar-refractivity contribution in [2.45, 2.75) is 80.1 Å². The van der Waals surface area contributed by atoms with Crippen molar-refractivity contribution in [3.05, 3.63) is 256 Å². The standard InChI is InChI=1S/C31H26Cl3F2N7O2.2C31H26Cl2F3N7O2/c1-5-19(44)41-8-10-42(11-9-41)29-16-12-18(32)27(20-21(33)22(34)24(36)25(38)23(20)35)40-30(16)43(31(45)17(29)13-37)28-15(4)6-7-39-26(28)14(2)3;1-5-19(44)41-8-10-42(11-9-41)29-16-12-18(32)27(20-22(34)21(33)24(36)25(38)23(20)35)40-30(16)43(31(45)17(29)13-37)28-15(4)6-7-39-26(28)14(2)3;1-5-19(44)41-8-10-42(11-9-41)29-16-12-18(32)27(20-21(33)23(35)24(36)25(38)22(20)34)40-30(16)43(31(45)17(29)13-37)28-15(4)6-7-39-26(28)14(2)3/h3*5-7,12,14H,1,8-11,38H2,2-4H3. The first-order valence-corrected chi connectivity index (χ1v) is 43.9. The van der Waals surface area contributed by atoms with Gasteiger partial charge in [-0.05, 0) is 110 Å². The van der Waals surface area contributed by atoms with Crippen LogP contribution in [0, 0.1) is 101 Å². The van der Waals surface area contributed by atoms with Gasteiger partial charge in [-0.15, -0.1) is 0 Å². The smallest absolute Gasteiger partial charge is 0.276 e. The lowest BCUT2D eigenvalue weighted by molar-refractivity contribution is -0.127. The number of halogens is 15. The number of amides is 3. The molecular formula is C93H78Cl7F8N21O6. The zero-order chi connectivity index (χ0) is 98.7. The van der Waals surface area contributed by atoms with Crippen LogP contribution in [0.1, 0.15) is 110 Å². The first kappa shape index (κ1) is 99.0. The molecule has 0 unspecified atom stereocenters. The molecule has 3 amide bonds. The van der Waals surface area contributed by atoms with E-state index < -0.39 is 128 Å². The van der Waals surface area contributed by atoms with E-state index >= 15 is 17.6 Å². The van der Waals surface area contributed by atoms with E-state index in [1.165, 1.54) is 50.1 Å². The van der Waals surface area contributed by atoms with Crippen LogP contribution in [-0.4, -0.2) is 155 Å². The van der Waals surface area contributed by atoms with Crippen LogP contribution in [0.3, 0.4) is 0 Å². The Morgan fingerprint density at radius 3 is 0.926 bits per heavy atom. The molecule has 135 heavy (non-hydrogen) atoms. The number of fused-ring (bicyclic) bond motifs is 3. The molecular weight excluding hydrogens is 1910 g/mol. The highest BCUT2D eigenvalue weighted by molar-refractivity contribution is 6.45. The molecule has 3 fully saturated rings. The van der Waals surface area contributed by atoms with Crippen molar-refractivity contribution in [2.24, 2.45) is 0 Å². The average molecular weight is 1990 g/mol. The maximum absolute atomic E-state index is 15.6. The summed E-state index contributed by atoms with van der Waals surface area (Å²) >= 11 is 44.3. The second kappa shape index (κ2) is 39.6. The Balaban J connectivity index is 0.000000171. The van der Waals surface area contributed by atoms with E-state index in [4.69, 9.17) is 98.4 Å². The molecule has 0 aliphatic carbocycles. The summed E-state index contributed by atoms with van der Waals surface area (Å²) in [7, 11) is 0. The normalized spacial score (nSPS) is 13.4. The number of aromatic nitrogens is 9. The van der Waals surface area contributed by atoms with Crippen molar-refractivity contribution in [2.75, 3.05) is 110 Å². The summed E-state index contributed by atoms with van der Waals surface area (Å²) in [5, 5.41) is 28.0. The quantitative estimate of drug-likeness (QED) is 0.0282. The summed E-state index contributed by atoms with van der Waals surface area (Å²) in [4.78, 5) is 117. The molecule has 0 atom stereocenters. The Morgan fingerprint density at radius 2 is 0.644 bits per heavy atom. The van der Waals surface area contributed by atoms with Crippen molar-refractivity contribution in [1.82, 2.24) is 58.3 Å². The molecule has 0 spiro atoms. The van der Waals surface area contributed by atoms with E-state index in [1.54, 1.807) is 87.0 Å². The fraction of sp³-hybridized carbons (Fsp3) is 0.258. The molecule has 3 aliphatic rings. The Kier molecular flexibility index (Phi) is 29.1. The highest BCUT2D eigenvalue weighted by Gasteiger charge is 2.38. The number of nitrogen functional groups attached to an aromatic ring is 3. The van der Waals surface area contributed by atoms with Crippen LogP contribution in [-0.2, 0) is 14.4 Å². The number of hydrogen-bond donors (Lipinski definition) is 3. The lowest BCUT2D eigenvalue weighted by Crippen LogP contribution is -2.49. The Hall–Kier alpha value is -13.4. The molecule has 12 heterocycles. The molecule has 0 bridgehead atoms. The summed E-state index contributed by atoms with van der Waals surface area (Å²) in [6.45, 7) is 30.3. The minimum atomic E-state index is -1.67. The zero-order valence-corrected chi connectivity index (χ0v) is 78.5. The van der Waals surface area contributed by atoms with Crippen molar-refractivity contribution >= 4 is 166 Å². The summed E-state index contributed by atoms with van der Waals surface area (Å²) < 4.78 is 123. The number of anilines is 6. The number of pyridine rings is 9. The van der Waals surface area contributed by atoms with Crippen LogP contribution in [0.2, 0.25) is 35.2 Å². The lowest BCUT2D eigenvalue weighted by atomic mass is 10.0. The van der Waals surface area contributed by atoms with Crippen LogP contribution >= 0.6 is 81.2 Å². The van der Waals surface area contributed by atoms with Gasteiger partial charge in [-0.1, -0.05) is 142 Å². The SMILES string of the molecule is C=CC(=O)N1CCN(c2c(C#N)c(=O)n(-c3c(C)ccnc3C(C)C)c3nc(-c4c(F)c(N)c(F)c(Cl)c4Cl)c(Cl)cc23)CC1.C=CC(=O)N1CCN(c2c(C#N)c(=O)n(-c3c(C)ccnc3C(C)C)c3nc(-c4c(F)c(N)c(F)c(Cl)c4F)c(Cl)cc23)CC1.C=CC(=O)N1CCN(c2c(C#N)c(=O)n(-c3c(C)ccnc3C(C)C)c3nc(-c4c(F)c(N)c(F)c(F)c4Cl)c(Cl)cc23)CC1. The number of aryl methyl sites for hydroxylation is 3. The lowest BCUT2D eigenvalue weighted by Gasteiger charge is -2.36. The Morgan fingerprint density at radius 1 is 0.378 bits per heavy atom. The van der Waals surface area contributed by atoms with Gasteiger partial charge in [-0.2, -0.15) is 15.8 Å². The van der Waals surface area contributed by atoms with Crippen molar-refractivity contribution in [3.8, 4) is 69.0 Å². The molecule has 3 saturated heterocycles. The fourth-order valence-electron chi connectivity index (χ4n) is 16.5. The van der Waals surface area contributed by atoms with Gasteiger partial charge < -0.3 is 46.6 Å². The topological polar surface area (TPSA) is 363 Å². The van der Waals surface area contributed by atoms with Gasteiger partial charge >= 0.3 is 0 Å². The number of piperazine rings is 3. The third-order valence-corrected chi connectivity index (χ3v) is 25.6. The van der Waals surface area contributed by atoms with Crippen LogP contribution in [0.4, 0.5) is 69.2 Å². The molecule has 3 aliphatic heterocycles. The summed E-state index contributed by atoms with van der Waals surface area (Å²) in [5.74, 6) is -12.9. The molecule has 6 N–H and O–H groups in total. The van der Waals surface area contributed by atoms with E-state index in [0.717, 1.165) is 0 Å². The highest BCUT2D eigenvalue weighted by atomic mass is 35.5. The first-order chi connectivity index (χ1) is 64.0. The van der Waals surface area contributed by atoms with Crippen molar-refractivity contribution in [3.63, 3.8) is 0 Å². The maximum Gasteiger partial charge on any atom is 0.276 e. The van der Waals surface area contributed by atoms with Crippen molar-refractivity contribution < 1.29 is 49.5 Å². The Labute approximate surface area is 800 Å². The van der Waals surface area contributed by atoms with E-state index in [0.29, 0.717) is 69.3 Å². The number of carbonyl (C=O) groups is 3. The van der Waals surface area contributed by atoms with Crippen LogP contribution in [0.15, 0.2) is 107 Å². The number of nitrogens with two attached hydrogens (primary N) is 3. The summed E-state index contributed by atoms with van der Waals surface area (Å²) in [5.41, 5.74) is 12.6. The van der Waals surface area contributed by atoms with E-state index in [2.05, 4.69) is 55.7 Å². The fourth-order valence-corrected chi connectivity index (χ4v) is 18.2. The van der Waals surface area contributed by atoms with E-state index in [-0.39, 0.29) is 183 Å². The van der Waals surface area contributed by atoms with Crippen LogP contribution < -0.4 is 48.6 Å². The average Bonchev–Trinajstić information content (AvgIpc) is 0.728. The second-order valence-corrected chi connectivity index (χ2v) is 35.0. The van der Waals surface area contributed by atoms with E-state index in [1.807, 2.05) is 53.7 Å². The Bertz CT molecular complexity index is 6650.